The molecule has 1 heterocycles. The van der Waals surface area contributed by atoms with Gasteiger partial charge in [-0.05, 0) is 73.9 Å². The highest BCUT2D eigenvalue weighted by Gasteiger charge is 2.19. The SMILES string of the molecule is Cc1cc(C)cc(NS(=O)(=O)c2cc(C(=O)NCCSCc3ccco3)ccc2C)c1. The molecule has 3 aromatic rings. The van der Waals surface area contributed by atoms with Gasteiger partial charge in [-0.2, -0.15) is 11.8 Å². The van der Waals surface area contributed by atoms with E-state index in [0.717, 1.165) is 28.4 Å². The van der Waals surface area contributed by atoms with E-state index in [1.54, 1.807) is 49.2 Å². The first-order chi connectivity index (χ1) is 14.7. The molecule has 0 fully saturated rings. The summed E-state index contributed by atoms with van der Waals surface area (Å²) < 4.78 is 33.8. The van der Waals surface area contributed by atoms with Gasteiger partial charge < -0.3 is 9.73 Å². The fourth-order valence-corrected chi connectivity index (χ4v) is 5.25. The number of carbonyl (C=O) groups excluding carboxylic acids is 1. The maximum Gasteiger partial charge on any atom is 0.262 e. The third-order valence-electron chi connectivity index (χ3n) is 4.57. The number of anilines is 1. The second kappa shape index (κ2) is 10.1. The minimum atomic E-state index is -3.83. The van der Waals surface area contributed by atoms with Crippen LogP contribution in [0.1, 0.15) is 32.8 Å². The second-order valence-electron chi connectivity index (χ2n) is 7.35. The Morgan fingerprint density at radius 2 is 1.77 bits per heavy atom. The van der Waals surface area contributed by atoms with Gasteiger partial charge in [0.15, 0.2) is 0 Å². The van der Waals surface area contributed by atoms with E-state index in [4.69, 9.17) is 4.42 Å². The fourth-order valence-electron chi connectivity index (χ4n) is 3.18. The van der Waals surface area contributed by atoms with Crippen LogP contribution in [0.5, 0.6) is 0 Å². The van der Waals surface area contributed by atoms with Crippen LogP contribution >= 0.6 is 11.8 Å². The molecule has 0 saturated heterocycles. The van der Waals surface area contributed by atoms with Crippen molar-refractivity contribution >= 4 is 33.4 Å². The number of rotatable bonds is 9. The van der Waals surface area contributed by atoms with Gasteiger partial charge >= 0.3 is 0 Å². The van der Waals surface area contributed by atoms with Crippen LogP contribution in [-0.2, 0) is 15.8 Å². The van der Waals surface area contributed by atoms with Crippen LogP contribution in [-0.4, -0.2) is 26.6 Å². The number of amides is 1. The van der Waals surface area contributed by atoms with E-state index < -0.39 is 10.0 Å². The zero-order valence-corrected chi connectivity index (χ0v) is 19.4. The van der Waals surface area contributed by atoms with Crippen LogP contribution in [0.2, 0.25) is 0 Å². The predicted molar refractivity (Wildman–Crippen MR) is 125 cm³/mol. The summed E-state index contributed by atoms with van der Waals surface area (Å²) in [7, 11) is -3.83. The number of carbonyl (C=O) groups is 1. The molecular formula is C23H26N2O4S2. The molecule has 0 aliphatic carbocycles. The maximum atomic E-state index is 13.0. The van der Waals surface area contributed by atoms with Gasteiger partial charge in [-0.15, -0.1) is 0 Å². The summed E-state index contributed by atoms with van der Waals surface area (Å²) in [6.45, 7) is 6.01. The van der Waals surface area contributed by atoms with Crippen molar-refractivity contribution in [3.8, 4) is 0 Å². The molecule has 0 aliphatic heterocycles. The van der Waals surface area contributed by atoms with Crippen LogP contribution in [0.25, 0.3) is 0 Å². The van der Waals surface area contributed by atoms with Crippen LogP contribution in [0, 0.1) is 20.8 Å². The van der Waals surface area contributed by atoms with Crippen molar-refractivity contribution in [2.24, 2.45) is 0 Å². The van der Waals surface area contributed by atoms with Crippen LogP contribution in [0.4, 0.5) is 5.69 Å². The lowest BCUT2D eigenvalue weighted by Crippen LogP contribution is -2.26. The monoisotopic (exact) mass is 458 g/mol. The molecule has 2 aromatic carbocycles. The fraction of sp³-hybridized carbons (Fsp3) is 0.261. The Morgan fingerprint density at radius 1 is 1.03 bits per heavy atom. The average molecular weight is 459 g/mol. The lowest BCUT2D eigenvalue weighted by atomic mass is 10.1. The van der Waals surface area contributed by atoms with Crippen LogP contribution in [0.3, 0.4) is 0 Å². The molecule has 1 amide bonds. The zero-order valence-electron chi connectivity index (χ0n) is 17.8. The van der Waals surface area contributed by atoms with Crippen LogP contribution in [0.15, 0.2) is 64.1 Å². The first kappa shape index (κ1) is 23.0. The van der Waals surface area contributed by atoms with Crippen molar-refractivity contribution in [3.05, 3.63) is 82.8 Å². The lowest BCUT2D eigenvalue weighted by molar-refractivity contribution is 0.0956. The minimum Gasteiger partial charge on any atom is -0.468 e. The summed E-state index contributed by atoms with van der Waals surface area (Å²) in [6.07, 6.45) is 1.63. The van der Waals surface area contributed by atoms with Crippen molar-refractivity contribution in [3.63, 3.8) is 0 Å². The third kappa shape index (κ3) is 6.38. The smallest absolute Gasteiger partial charge is 0.262 e. The number of aryl methyl sites for hydroxylation is 3. The number of thioether (sulfide) groups is 1. The maximum absolute atomic E-state index is 13.0. The van der Waals surface area contributed by atoms with Crippen molar-refractivity contribution < 1.29 is 17.6 Å². The first-order valence-corrected chi connectivity index (χ1v) is 12.5. The number of nitrogens with one attached hydrogen (secondary N) is 2. The molecule has 1 aromatic heterocycles. The van der Waals surface area contributed by atoms with Crippen molar-refractivity contribution in [2.75, 3.05) is 17.0 Å². The van der Waals surface area contributed by atoms with Gasteiger partial charge in [0.25, 0.3) is 15.9 Å². The molecule has 6 nitrogen and oxygen atoms in total. The summed E-state index contributed by atoms with van der Waals surface area (Å²) >= 11 is 1.65. The number of hydrogen-bond donors (Lipinski definition) is 2. The highest BCUT2D eigenvalue weighted by atomic mass is 32.2. The van der Waals surface area contributed by atoms with Gasteiger partial charge in [0, 0.05) is 23.5 Å². The Hall–Kier alpha value is -2.71. The van der Waals surface area contributed by atoms with Gasteiger partial charge in [-0.1, -0.05) is 12.1 Å². The molecule has 0 bridgehead atoms. The molecule has 0 atom stereocenters. The molecule has 31 heavy (non-hydrogen) atoms. The van der Waals surface area contributed by atoms with Gasteiger partial charge in [0.1, 0.15) is 5.76 Å². The Balaban J connectivity index is 1.64. The number of sulfonamides is 1. The quantitative estimate of drug-likeness (QED) is 0.455. The molecule has 0 aliphatic rings. The van der Waals surface area contributed by atoms with Crippen molar-refractivity contribution in [2.45, 2.75) is 31.4 Å². The summed E-state index contributed by atoms with van der Waals surface area (Å²) in [4.78, 5) is 12.6. The Labute approximate surface area is 187 Å². The van der Waals surface area contributed by atoms with Crippen molar-refractivity contribution in [1.82, 2.24) is 5.32 Å². The molecule has 3 rings (SSSR count). The van der Waals surface area contributed by atoms with E-state index in [1.807, 2.05) is 32.0 Å². The standard InChI is InChI=1S/C23H26N2O4S2/c1-16-11-17(2)13-20(12-16)25-31(27,28)22-14-19(7-6-18(22)3)23(26)24-8-10-30-15-21-5-4-9-29-21/h4-7,9,11-14,25H,8,10,15H2,1-3H3,(H,24,26). The normalized spacial score (nSPS) is 11.3. The van der Waals surface area contributed by atoms with E-state index in [-0.39, 0.29) is 10.8 Å². The Morgan fingerprint density at radius 3 is 2.45 bits per heavy atom. The molecule has 0 saturated carbocycles. The second-order valence-corrected chi connectivity index (χ2v) is 10.1. The van der Waals surface area contributed by atoms with E-state index >= 15 is 0 Å². The van der Waals surface area contributed by atoms with E-state index in [2.05, 4.69) is 10.0 Å². The molecular weight excluding hydrogens is 432 g/mol. The summed E-state index contributed by atoms with van der Waals surface area (Å²) in [5.41, 5.74) is 3.31. The minimum absolute atomic E-state index is 0.0894. The third-order valence-corrected chi connectivity index (χ3v) is 7.07. The Kier molecular flexibility index (Phi) is 7.46. The first-order valence-electron chi connectivity index (χ1n) is 9.85. The highest BCUT2D eigenvalue weighted by molar-refractivity contribution is 7.98. The van der Waals surface area contributed by atoms with E-state index in [9.17, 15) is 13.2 Å². The number of hydrogen-bond acceptors (Lipinski definition) is 5. The number of furan rings is 1. The zero-order chi connectivity index (χ0) is 22.4. The molecule has 2 N–H and O–H groups in total. The molecule has 0 spiro atoms. The predicted octanol–water partition coefficient (Wildman–Crippen LogP) is 4.67. The van der Waals surface area contributed by atoms with Gasteiger partial charge in [-0.25, -0.2) is 8.42 Å². The Bertz CT molecular complexity index is 1140. The molecule has 0 radical (unpaired) electrons. The van der Waals surface area contributed by atoms with Gasteiger partial charge in [0.05, 0.1) is 16.9 Å². The van der Waals surface area contributed by atoms with E-state index in [0.29, 0.717) is 23.4 Å². The van der Waals surface area contributed by atoms with Gasteiger partial charge in [-0.3, -0.25) is 9.52 Å². The largest absolute Gasteiger partial charge is 0.468 e. The van der Waals surface area contributed by atoms with E-state index in [1.165, 1.54) is 6.07 Å². The molecule has 8 heteroatoms. The summed E-state index contributed by atoms with van der Waals surface area (Å²) in [5.74, 6) is 2.04. The average Bonchev–Trinajstić information content (AvgIpc) is 3.20. The number of benzene rings is 2. The summed E-state index contributed by atoms with van der Waals surface area (Å²) in [5, 5.41) is 2.84. The van der Waals surface area contributed by atoms with Gasteiger partial charge in [0.2, 0.25) is 0 Å². The lowest BCUT2D eigenvalue weighted by Gasteiger charge is -2.13. The van der Waals surface area contributed by atoms with Crippen molar-refractivity contribution in [1.29, 1.82) is 0 Å². The molecule has 164 valence electrons. The van der Waals surface area contributed by atoms with Crippen LogP contribution < -0.4 is 10.0 Å². The summed E-state index contributed by atoms with van der Waals surface area (Å²) in [6, 6.07) is 14.0. The highest BCUT2D eigenvalue weighted by Crippen LogP contribution is 2.22. The topological polar surface area (TPSA) is 88.4 Å². The molecule has 0 unspecified atom stereocenters.